The minimum absolute atomic E-state index is 0.187. The number of nitrogens with zero attached hydrogens (tertiary/aromatic N) is 1. The number of hydrogen-bond donors (Lipinski definition) is 2. The van der Waals surface area contributed by atoms with Gasteiger partial charge >= 0.3 is 12.4 Å². The van der Waals surface area contributed by atoms with Crippen LogP contribution in [0, 0.1) is 12.7 Å². The number of carbonyl (C=O) groups is 1. The lowest BCUT2D eigenvalue weighted by Gasteiger charge is -2.27. The van der Waals surface area contributed by atoms with Crippen molar-refractivity contribution in [1.82, 2.24) is 4.98 Å². The molecule has 0 aliphatic heterocycles. The van der Waals surface area contributed by atoms with Crippen LogP contribution in [-0.4, -0.2) is 22.2 Å². The molecule has 1 atom stereocenters. The van der Waals surface area contributed by atoms with Gasteiger partial charge in [-0.1, -0.05) is 0 Å². The number of rotatable bonds is 4. The van der Waals surface area contributed by atoms with E-state index >= 15 is 0 Å². The van der Waals surface area contributed by atoms with Gasteiger partial charge in [0.1, 0.15) is 10.8 Å². The molecule has 0 radical (unpaired) electrons. The molecule has 1 heterocycles. The van der Waals surface area contributed by atoms with Crippen LogP contribution in [0.25, 0.3) is 0 Å². The van der Waals surface area contributed by atoms with Crippen LogP contribution in [0.3, 0.4) is 0 Å². The smallest absolute Gasteiger partial charge is 0.374 e. The number of alkyl halides is 6. The second-order valence-electron chi connectivity index (χ2n) is 5.57. The van der Waals surface area contributed by atoms with Gasteiger partial charge in [0.15, 0.2) is 0 Å². The first-order valence-electron chi connectivity index (χ1n) is 7.12. The van der Waals surface area contributed by atoms with Crippen LogP contribution in [-0.2, 0) is 16.6 Å². The molecule has 0 spiro atoms. The van der Waals surface area contributed by atoms with Crippen molar-refractivity contribution in [3.8, 4) is 0 Å². The van der Waals surface area contributed by atoms with E-state index in [2.05, 4.69) is 4.98 Å². The first-order valence-corrected chi connectivity index (χ1v) is 8.00. The van der Waals surface area contributed by atoms with Crippen molar-refractivity contribution in [2.45, 2.75) is 31.3 Å². The van der Waals surface area contributed by atoms with Gasteiger partial charge in [0.2, 0.25) is 11.5 Å². The fraction of sp³-hybridized carbons (Fsp3) is 0.333. The van der Waals surface area contributed by atoms with E-state index in [4.69, 9.17) is 0 Å². The number of carbonyl (C=O) groups excluding carboxylic acids is 1. The third kappa shape index (κ3) is 4.56. The summed E-state index contributed by atoms with van der Waals surface area (Å²) in [5.41, 5.74) is -5.70. The maximum absolute atomic E-state index is 13.3. The summed E-state index contributed by atoms with van der Waals surface area (Å²) in [6.45, 7) is 1.38. The summed E-state index contributed by atoms with van der Waals surface area (Å²) in [4.78, 5) is 15.5. The Balaban J connectivity index is 2.27. The number of aromatic nitrogens is 1. The largest absolute Gasteiger partial charge is 0.424 e. The highest BCUT2D eigenvalue weighted by atomic mass is 32.1. The standard InChI is InChI=1S/C15H11F7N2O2S/c1-7-6-27-12(23-7)13(26,15(20,21)22)5-11(25)24-8-2-3-10(16)9(4-8)14(17,18)19/h2-4,6,26H,5H2,1H3,(H,24,25). The molecule has 1 aromatic carbocycles. The zero-order valence-corrected chi connectivity index (χ0v) is 14.2. The van der Waals surface area contributed by atoms with Crippen LogP contribution < -0.4 is 5.32 Å². The molecule has 0 aliphatic rings. The minimum atomic E-state index is -5.27. The topological polar surface area (TPSA) is 62.2 Å². The van der Waals surface area contributed by atoms with Crippen LogP contribution in [0.1, 0.15) is 22.7 Å². The summed E-state index contributed by atoms with van der Waals surface area (Å²) in [5, 5.41) is 12.3. The van der Waals surface area contributed by atoms with Crippen molar-refractivity contribution in [2.24, 2.45) is 0 Å². The number of thiazole rings is 1. The van der Waals surface area contributed by atoms with E-state index < -0.39 is 52.4 Å². The summed E-state index contributed by atoms with van der Waals surface area (Å²) in [6.07, 6.45) is -11.9. The number of nitrogens with one attached hydrogen (secondary N) is 1. The Bertz CT molecular complexity index is 847. The number of halogens is 7. The summed E-state index contributed by atoms with van der Waals surface area (Å²) in [7, 11) is 0. The monoisotopic (exact) mass is 416 g/mol. The first kappa shape index (κ1) is 21.1. The van der Waals surface area contributed by atoms with E-state index in [1.807, 2.05) is 0 Å². The summed E-state index contributed by atoms with van der Waals surface area (Å²) < 4.78 is 91.2. The van der Waals surface area contributed by atoms with Gasteiger partial charge in [-0.05, 0) is 25.1 Å². The molecule has 0 aliphatic carbocycles. The number of anilines is 1. The van der Waals surface area contributed by atoms with E-state index in [-0.39, 0.29) is 11.8 Å². The minimum Gasteiger partial charge on any atom is -0.374 e. The summed E-state index contributed by atoms with van der Waals surface area (Å²) in [6, 6.07) is 1.41. The third-order valence-corrected chi connectivity index (χ3v) is 4.52. The molecule has 0 fully saturated rings. The van der Waals surface area contributed by atoms with E-state index in [0.29, 0.717) is 17.4 Å². The predicted molar refractivity (Wildman–Crippen MR) is 81.5 cm³/mol. The number of amides is 1. The quantitative estimate of drug-likeness (QED) is 0.727. The molecule has 4 nitrogen and oxygen atoms in total. The Morgan fingerprint density at radius 3 is 2.33 bits per heavy atom. The number of hydrogen-bond acceptors (Lipinski definition) is 4. The zero-order chi connectivity index (χ0) is 20.6. The Kier molecular flexibility index (Phi) is 5.53. The number of aryl methyl sites for hydroxylation is 1. The Labute approximate surface area is 151 Å². The molecule has 2 rings (SSSR count). The lowest BCUT2D eigenvalue weighted by molar-refractivity contribution is -0.266. The molecule has 12 heteroatoms. The predicted octanol–water partition coefficient (Wildman–Crippen LogP) is 4.39. The number of benzene rings is 1. The van der Waals surface area contributed by atoms with Crippen molar-refractivity contribution in [2.75, 3.05) is 5.32 Å². The van der Waals surface area contributed by atoms with Crippen LogP contribution >= 0.6 is 11.3 Å². The van der Waals surface area contributed by atoms with Crippen LogP contribution in [0.4, 0.5) is 36.4 Å². The van der Waals surface area contributed by atoms with Crippen LogP contribution in [0.5, 0.6) is 0 Å². The van der Waals surface area contributed by atoms with E-state index in [1.165, 1.54) is 12.3 Å². The molecule has 1 unspecified atom stereocenters. The van der Waals surface area contributed by atoms with Gasteiger partial charge in [-0.2, -0.15) is 26.3 Å². The fourth-order valence-corrected chi connectivity index (χ4v) is 3.01. The van der Waals surface area contributed by atoms with Gasteiger partial charge < -0.3 is 10.4 Å². The van der Waals surface area contributed by atoms with Gasteiger partial charge in [0.25, 0.3) is 0 Å². The van der Waals surface area contributed by atoms with Gasteiger partial charge in [0.05, 0.1) is 12.0 Å². The Morgan fingerprint density at radius 1 is 1.22 bits per heavy atom. The molecule has 0 saturated heterocycles. The normalized spacial score (nSPS) is 14.7. The molecule has 0 saturated carbocycles. The van der Waals surface area contributed by atoms with Crippen molar-refractivity contribution in [3.63, 3.8) is 0 Å². The maximum atomic E-state index is 13.3. The van der Waals surface area contributed by atoms with Crippen molar-refractivity contribution >= 4 is 22.9 Å². The molecule has 0 bridgehead atoms. The van der Waals surface area contributed by atoms with Gasteiger partial charge in [-0.15, -0.1) is 11.3 Å². The lowest BCUT2D eigenvalue weighted by Crippen LogP contribution is -2.45. The van der Waals surface area contributed by atoms with Gasteiger partial charge in [-0.3, -0.25) is 4.79 Å². The summed E-state index contributed by atoms with van der Waals surface area (Å²) in [5.74, 6) is -3.03. The van der Waals surface area contributed by atoms with E-state index in [1.54, 1.807) is 5.32 Å². The van der Waals surface area contributed by atoms with E-state index in [9.17, 15) is 40.6 Å². The second-order valence-corrected chi connectivity index (χ2v) is 6.43. The average molecular weight is 416 g/mol. The van der Waals surface area contributed by atoms with Crippen molar-refractivity contribution < 1.29 is 40.6 Å². The zero-order valence-electron chi connectivity index (χ0n) is 13.4. The summed E-state index contributed by atoms with van der Waals surface area (Å²) >= 11 is 0.480. The first-order chi connectivity index (χ1) is 12.2. The molecular formula is C15H11F7N2O2S. The molecule has 2 N–H and O–H groups in total. The molecule has 2 aromatic rings. The van der Waals surface area contributed by atoms with Gasteiger partial charge in [0, 0.05) is 16.8 Å². The highest BCUT2D eigenvalue weighted by Gasteiger charge is 2.58. The molecule has 148 valence electrons. The van der Waals surface area contributed by atoms with Gasteiger partial charge in [-0.25, -0.2) is 9.37 Å². The molecule has 27 heavy (non-hydrogen) atoms. The third-order valence-electron chi connectivity index (χ3n) is 3.41. The Hall–Kier alpha value is -2.21. The average Bonchev–Trinajstić information content (AvgIpc) is 2.94. The van der Waals surface area contributed by atoms with Crippen LogP contribution in [0.2, 0.25) is 0 Å². The highest BCUT2D eigenvalue weighted by Crippen LogP contribution is 2.43. The molecule has 1 amide bonds. The maximum Gasteiger partial charge on any atom is 0.424 e. The van der Waals surface area contributed by atoms with E-state index in [0.717, 1.165) is 6.07 Å². The second kappa shape index (κ2) is 7.08. The highest BCUT2D eigenvalue weighted by molar-refractivity contribution is 7.09. The number of aliphatic hydroxyl groups is 1. The fourth-order valence-electron chi connectivity index (χ4n) is 2.10. The lowest BCUT2D eigenvalue weighted by atomic mass is 9.99. The van der Waals surface area contributed by atoms with Crippen LogP contribution in [0.15, 0.2) is 23.6 Å². The van der Waals surface area contributed by atoms with Crippen molar-refractivity contribution in [1.29, 1.82) is 0 Å². The SMILES string of the molecule is Cc1csc(C(O)(CC(=O)Nc2ccc(F)c(C(F)(F)F)c2)C(F)(F)F)n1. The molecule has 1 aromatic heterocycles. The van der Waals surface area contributed by atoms with Crippen molar-refractivity contribution in [3.05, 3.63) is 45.7 Å². The Morgan fingerprint density at radius 2 is 1.85 bits per heavy atom. The molecular weight excluding hydrogens is 405 g/mol.